The van der Waals surface area contributed by atoms with E-state index in [1.54, 1.807) is 13.0 Å². The average molecular weight is 438 g/mol. The maximum Gasteiger partial charge on any atom is 0.263 e. The van der Waals surface area contributed by atoms with Gasteiger partial charge in [-0.1, -0.05) is 51.1 Å². The van der Waals surface area contributed by atoms with Gasteiger partial charge in [-0.25, -0.2) is 18.4 Å². The smallest absolute Gasteiger partial charge is 0.263 e. The third-order valence-electron chi connectivity index (χ3n) is 4.92. The van der Waals surface area contributed by atoms with Crippen LogP contribution in [0.4, 0.5) is 5.82 Å². The first-order valence-electron chi connectivity index (χ1n) is 9.60. The fourth-order valence-electron chi connectivity index (χ4n) is 3.21. The molecule has 2 aromatic heterocycles. The molecule has 154 valence electrons. The van der Waals surface area contributed by atoms with Crippen molar-refractivity contribution in [3.63, 3.8) is 0 Å². The maximum absolute atomic E-state index is 13.4. The van der Waals surface area contributed by atoms with E-state index >= 15 is 0 Å². The minimum Gasteiger partial charge on any atom is -0.263 e. The summed E-state index contributed by atoms with van der Waals surface area (Å²) < 4.78 is 29.5. The van der Waals surface area contributed by atoms with Gasteiger partial charge in [0.1, 0.15) is 0 Å². The lowest BCUT2D eigenvalue weighted by atomic mass is 9.87. The van der Waals surface area contributed by atoms with Gasteiger partial charge >= 0.3 is 0 Å². The number of nitrogens with zero attached hydrogens (tertiary/aromatic N) is 2. The van der Waals surface area contributed by atoms with Gasteiger partial charge in [0.05, 0.1) is 15.3 Å². The predicted molar refractivity (Wildman–Crippen MR) is 124 cm³/mol. The first-order chi connectivity index (χ1) is 14.1. The molecule has 5 nitrogen and oxygen atoms in total. The summed E-state index contributed by atoms with van der Waals surface area (Å²) in [6.45, 7) is 7.99. The molecular weight excluding hydrogens is 414 g/mol. The molecule has 4 rings (SSSR count). The lowest BCUT2D eigenvalue weighted by Gasteiger charge is -2.21. The van der Waals surface area contributed by atoms with E-state index in [1.807, 2.05) is 53.9 Å². The summed E-state index contributed by atoms with van der Waals surface area (Å²) in [7, 11) is -3.84. The molecule has 0 radical (unpaired) electrons. The van der Waals surface area contributed by atoms with Gasteiger partial charge in [0.15, 0.2) is 11.6 Å². The van der Waals surface area contributed by atoms with Crippen molar-refractivity contribution in [2.45, 2.75) is 38.0 Å². The summed E-state index contributed by atoms with van der Waals surface area (Å²) in [6.07, 6.45) is 0. The third-order valence-corrected chi connectivity index (χ3v) is 7.27. The molecule has 30 heavy (non-hydrogen) atoms. The van der Waals surface area contributed by atoms with Crippen molar-refractivity contribution in [2.24, 2.45) is 0 Å². The third kappa shape index (κ3) is 3.95. The van der Waals surface area contributed by atoms with E-state index in [1.165, 1.54) is 11.3 Å². The Morgan fingerprint density at radius 1 is 0.967 bits per heavy atom. The van der Waals surface area contributed by atoms with Crippen LogP contribution in [-0.2, 0) is 15.4 Å². The number of aromatic nitrogens is 2. The molecule has 0 fully saturated rings. The fraction of sp³-hybridized carbons (Fsp3) is 0.217. The van der Waals surface area contributed by atoms with Crippen molar-refractivity contribution in [1.82, 2.24) is 9.97 Å². The number of hydrogen-bond acceptors (Lipinski definition) is 5. The average Bonchev–Trinajstić information content (AvgIpc) is 3.22. The Bertz CT molecular complexity index is 1320. The first kappa shape index (κ1) is 20.5. The van der Waals surface area contributed by atoms with Gasteiger partial charge in [-0.2, -0.15) is 0 Å². The van der Waals surface area contributed by atoms with E-state index in [2.05, 4.69) is 35.5 Å². The number of rotatable bonds is 4. The van der Waals surface area contributed by atoms with Gasteiger partial charge < -0.3 is 0 Å². The number of anilines is 1. The van der Waals surface area contributed by atoms with Crippen LogP contribution in [0.1, 0.15) is 31.9 Å². The minimum atomic E-state index is -3.84. The van der Waals surface area contributed by atoms with Crippen molar-refractivity contribution in [3.05, 3.63) is 71.1 Å². The molecule has 2 aromatic carbocycles. The number of hydrogen-bond donors (Lipinski definition) is 1. The maximum atomic E-state index is 13.4. The Balaban J connectivity index is 1.84. The zero-order chi connectivity index (χ0) is 21.5. The van der Waals surface area contributed by atoms with Crippen LogP contribution in [0.25, 0.3) is 21.6 Å². The second-order valence-electron chi connectivity index (χ2n) is 8.23. The topological polar surface area (TPSA) is 72.0 Å². The van der Waals surface area contributed by atoms with Gasteiger partial charge in [0, 0.05) is 5.39 Å². The van der Waals surface area contributed by atoms with Gasteiger partial charge in [-0.05, 0) is 53.1 Å². The van der Waals surface area contributed by atoms with E-state index in [-0.39, 0.29) is 16.1 Å². The summed E-state index contributed by atoms with van der Waals surface area (Å²) in [5.74, 6) is 0.783. The number of para-hydroxylation sites is 1. The van der Waals surface area contributed by atoms with Crippen LogP contribution >= 0.6 is 11.3 Å². The highest BCUT2D eigenvalue weighted by Gasteiger charge is 2.23. The molecule has 0 amide bonds. The van der Waals surface area contributed by atoms with E-state index < -0.39 is 10.0 Å². The summed E-state index contributed by atoms with van der Waals surface area (Å²) in [4.78, 5) is 10.3. The first-order valence-corrected chi connectivity index (χ1v) is 12.0. The van der Waals surface area contributed by atoms with Crippen LogP contribution in [0.2, 0.25) is 0 Å². The highest BCUT2D eigenvalue weighted by molar-refractivity contribution is 7.92. The number of sulfonamides is 1. The van der Waals surface area contributed by atoms with Crippen LogP contribution in [0.3, 0.4) is 0 Å². The molecule has 7 heteroatoms. The number of thiophene rings is 1. The number of nitrogens with one attached hydrogen (secondary N) is 1. The molecule has 1 N–H and O–H groups in total. The van der Waals surface area contributed by atoms with Crippen molar-refractivity contribution < 1.29 is 8.42 Å². The summed E-state index contributed by atoms with van der Waals surface area (Å²) in [6, 6.07) is 16.8. The molecule has 0 bridgehead atoms. The lowest BCUT2D eigenvalue weighted by molar-refractivity contribution is 0.584. The highest BCUT2D eigenvalue weighted by atomic mass is 32.2. The molecule has 0 aliphatic carbocycles. The predicted octanol–water partition coefficient (Wildman–Crippen LogP) is 5.77. The van der Waals surface area contributed by atoms with Crippen molar-refractivity contribution in [2.75, 3.05) is 4.72 Å². The zero-order valence-corrected chi connectivity index (χ0v) is 18.9. The minimum absolute atomic E-state index is 0.161. The number of aryl methyl sites for hydroxylation is 1. The highest BCUT2D eigenvalue weighted by Crippen LogP contribution is 2.31. The Morgan fingerprint density at radius 3 is 2.43 bits per heavy atom. The van der Waals surface area contributed by atoms with Gasteiger partial charge in [-0.3, -0.25) is 4.72 Å². The zero-order valence-electron chi connectivity index (χ0n) is 17.3. The van der Waals surface area contributed by atoms with Crippen molar-refractivity contribution >= 4 is 38.1 Å². The van der Waals surface area contributed by atoms with E-state index in [0.29, 0.717) is 22.3 Å². The van der Waals surface area contributed by atoms with E-state index in [0.717, 1.165) is 10.4 Å². The Hall–Kier alpha value is -2.77. The van der Waals surface area contributed by atoms with Crippen molar-refractivity contribution in [3.8, 4) is 10.7 Å². The Morgan fingerprint density at radius 2 is 1.73 bits per heavy atom. The van der Waals surface area contributed by atoms with Crippen LogP contribution in [0.5, 0.6) is 0 Å². The molecule has 0 saturated carbocycles. The summed E-state index contributed by atoms with van der Waals surface area (Å²) >= 11 is 1.51. The van der Waals surface area contributed by atoms with Crippen LogP contribution < -0.4 is 4.72 Å². The number of benzene rings is 2. The quantitative estimate of drug-likeness (QED) is 0.440. The van der Waals surface area contributed by atoms with E-state index in [4.69, 9.17) is 0 Å². The van der Waals surface area contributed by atoms with Gasteiger partial charge in [0.2, 0.25) is 0 Å². The SMILES string of the molecule is Cc1ccc(C(C)(C)C)cc1S(=O)(=O)Nc1nc(-c2cccs2)nc2ccccc12. The molecule has 2 heterocycles. The second kappa shape index (κ2) is 7.49. The summed E-state index contributed by atoms with van der Waals surface area (Å²) in [5.41, 5.74) is 2.17. The lowest BCUT2D eigenvalue weighted by Crippen LogP contribution is -2.18. The molecule has 0 atom stereocenters. The molecule has 0 saturated heterocycles. The standard InChI is InChI=1S/C23H23N3O2S2/c1-15-11-12-16(23(2,3)4)14-20(15)30(27,28)26-21-17-8-5-6-9-18(17)24-22(25-21)19-10-7-13-29-19/h5-14H,1-4H3,(H,24,25,26). The van der Waals surface area contributed by atoms with Crippen LogP contribution in [0.15, 0.2) is 64.9 Å². The largest absolute Gasteiger partial charge is 0.263 e. The molecule has 0 aliphatic rings. The Labute approximate surface area is 180 Å². The van der Waals surface area contributed by atoms with Crippen LogP contribution in [0, 0.1) is 6.92 Å². The molecule has 0 spiro atoms. The second-order valence-corrected chi connectivity index (χ2v) is 10.8. The van der Waals surface area contributed by atoms with Gasteiger partial charge in [0.25, 0.3) is 10.0 Å². The fourth-order valence-corrected chi connectivity index (χ4v) is 5.16. The normalized spacial score (nSPS) is 12.3. The molecule has 0 aliphatic heterocycles. The monoisotopic (exact) mass is 437 g/mol. The Kier molecular flexibility index (Phi) is 5.11. The van der Waals surface area contributed by atoms with E-state index in [9.17, 15) is 8.42 Å². The molecule has 4 aromatic rings. The molecule has 0 unspecified atom stereocenters. The molecular formula is C23H23N3O2S2. The van der Waals surface area contributed by atoms with Gasteiger partial charge in [-0.15, -0.1) is 11.3 Å². The summed E-state index contributed by atoms with van der Waals surface area (Å²) in [5, 5.41) is 2.60. The van der Waals surface area contributed by atoms with Crippen molar-refractivity contribution in [1.29, 1.82) is 0 Å². The number of fused-ring (bicyclic) bond motifs is 1. The van der Waals surface area contributed by atoms with Crippen LogP contribution in [-0.4, -0.2) is 18.4 Å².